The molecule has 3 N–H and O–H groups in total. The third kappa shape index (κ3) is 5.71. The van der Waals surface area contributed by atoms with Crippen LogP contribution in [0.4, 0.5) is 5.69 Å². The number of carbonyl (C=O) groups excluding carboxylic acids is 1. The number of aromatic nitrogens is 2. The number of rotatable bonds is 8. The number of nitrogens with one attached hydrogen (secondary N) is 2. The summed E-state index contributed by atoms with van der Waals surface area (Å²) in [5, 5.41) is 21.9. The Morgan fingerprint density at radius 1 is 1.28 bits per heavy atom. The molecule has 192 valence electrons. The standard InChI is InChI=1S/C29H38N4O3/c1-5-29(19-34)15-14-28(4,36-29)13-8-20-6-7-24(33-26(35)25-31-18-22(17-30)32-25)23(16-20)21-9-11-27(2,3)12-10-21/h6-7,9,16,18,34H,5,8,10-15,19H2,1-4H3,(H,31,32)(H,33,35)/t28-,29+/m0/s1. The molecule has 4 rings (SSSR count). The van der Waals surface area contributed by atoms with Gasteiger partial charge >= 0.3 is 0 Å². The van der Waals surface area contributed by atoms with Crippen molar-refractivity contribution >= 4 is 17.2 Å². The van der Waals surface area contributed by atoms with Crippen LogP contribution in [0.5, 0.6) is 0 Å². The number of nitriles is 1. The lowest BCUT2D eigenvalue weighted by Gasteiger charge is -2.31. The predicted molar refractivity (Wildman–Crippen MR) is 140 cm³/mol. The average Bonchev–Trinajstić information content (AvgIpc) is 3.49. The summed E-state index contributed by atoms with van der Waals surface area (Å²) in [6.45, 7) is 8.86. The van der Waals surface area contributed by atoms with E-state index in [9.17, 15) is 9.90 Å². The van der Waals surface area contributed by atoms with Crippen molar-refractivity contribution in [2.24, 2.45) is 5.41 Å². The van der Waals surface area contributed by atoms with Crippen LogP contribution in [0.1, 0.15) is 100 Å². The molecule has 2 atom stereocenters. The van der Waals surface area contributed by atoms with E-state index in [1.54, 1.807) is 0 Å². The van der Waals surface area contributed by atoms with Crippen LogP contribution in [0.15, 0.2) is 30.5 Å². The van der Waals surface area contributed by atoms with E-state index < -0.39 is 5.60 Å². The predicted octanol–water partition coefficient (Wildman–Crippen LogP) is 5.77. The topological polar surface area (TPSA) is 111 Å². The number of aryl methyl sites for hydroxylation is 1. The van der Waals surface area contributed by atoms with Gasteiger partial charge in [0.1, 0.15) is 11.8 Å². The van der Waals surface area contributed by atoms with Gasteiger partial charge in [0.15, 0.2) is 5.82 Å². The van der Waals surface area contributed by atoms with Crippen LogP contribution in [0.2, 0.25) is 0 Å². The number of H-pyrrole nitrogens is 1. The first-order valence-corrected chi connectivity index (χ1v) is 13.0. The lowest BCUT2D eigenvalue weighted by molar-refractivity contribution is -0.121. The SMILES string of the molecule is CC[C@]1(CO)CC[C@](C)(CCc2ccc(NC(=O)c3ncc(C#N)[nH]3)c(C3=CCC(C)(C)CC3)c2)O1. The molecule has 1 aromatic heterocycles. The highest BCUT2D eigenvalue weighted by molar-refractivity contribution is 6.03. The lowest BCUT2D eigenvalue weighted by Crippen LogP contribution is -2.36. The zero-order chi connectivity index (χ0) is 26.0. The number of carbonyl (C=O) groups is 1. The van der Waals surface area contributed by atoms with E-state index in [1.807, 2.05) is 12.1 Å². The number of amides is 1. The zero-order valence-electron chi connectivity index (χ0n) is 21.9. The molecular formula is C29H38N4O3. The van der Waals surface area contributed by atoms with Gasteiger partial charge in [-0.2, -0.15) is 5.26 Å². The van der Waals surface area contributed by atoms with E-state index in [0.29, 0.717) is 0 Å². The third-order valence-corrected chi connectivity index (χ3v) is 8.01. The summed E-state index contributed by atoms with van der Waals surface area (Å²) in [5.74, 6) is -0.246. The summed E-state index contributed by atoms with van der Waals surface area (Å²) in [7, 11) is 0. The molecule has 1 aromatic carbocycles. The molecule has 0 bridgehead atoms. The van der Waals surface area contributed by atoms with Crippen molar-refractivity contribution in [2.45, 2.75) is 90.3 Å². The molecular weight excluding hydrogens is 452 g/mol. The number of hydrogen-bond donors (Lipinski definition) is 3. The molecule has 1 fully saturated rings. The third-order valence-electron chi connectivity index (χ3n) is 8.01. The minimum absolute atomic E-state index is 0.0632. The van der Waals surface area contributed by atoms with Gasteiger partial charge in [-0.1, -0.05) is 32.9 Å². The maximum atomic E-state index is 12.9. The Morgan fingerprint density at radius 2 is 2.08 bits per heavy atom. The molecule has 1 saturated heterocycles. The van der Waals surface area contributed by atoms with Gasteiger partial charge in [0.05, 0.1) is 24.0 Å². The lowest BCUT2D eigenvalue weighted by atomic mass is 9.76. The molecule has 7 nitrogen and oxygen atoms in total. The first kappa shape index (κ1) is 26.1. The van der Waals surface area contributed by atoms with Crippen molar-refractivity contribution in [3.8, 4) is 6.07 Å². The minimum atomic E-state index is -0.412. The number of ether oxygens (including phenoxy) is 1. The molecule has 1 amide bonds. The Labute approximate surface area is 214 Å². The molecule has 1 aliphatic heterocycles. The molecule has 36 heavy (non-hydrogen) atoms. The Balaban J connectivity index is 1.56. The second kappa shape index (κ2) is 10.2. The Bertz CT molecular complexity index is 1190. The van der Waals surface area contributed by atoms with Gasteiger partial charge in [0.25, 0.3) is 5.91 Å². The molecule has 2 aliphatic rings. The van der Waals surface area contributed by atoms with Gasteiger partial charge in [0, 0.05) is 11.3 Å². The molecule has 7 heteroatoms. The van der Waals surface area contributed by atoms with Crippen LogP contribution in [0, 0.1) is 16.7 Å². The first-order valence-electron chi connectivity index (χ1n) is 13.0. The molecule has 0 saturated carbocycles. The van der Waals surface area contributed by atoms with Gasteiger partial charge in [-0.05, 0) is 87.0 Å². The Morgan fingerprint density at radius 3 is 2.69 bits per heavy atom. The van der Waals surface area contributed by atoms with E-state index in [4.69, 9.17) is 10.00 Å². The normalized spacial score (nSPS) is 25.3. The minimum Gasteiger partial charge on any atom is -0.393 e. The summed E-state index contributed by atoms with van der Waals surface area (Å²) in [6.07, 6.45) is 11.1. The number of benzene rings is 1. The van der Waals surface area contributed by atoms with Crippen LogP contribution in [-0.4, -0.2) is 38.8 Å². The molecule has 0 radical (unpaired) electrons. The fourth-order valence-electron chi connectivity index (χ4n) is 5.29. The van der Waals surface area contributed by atoms with Crippen molar-refractivity contribution in [3.63, 3.8) is 0 Å². The van der Waals surface area contributed by atoms with E-state index in [2.05, 4.69) is 61.2 Å². The molecule has 2 heterocycles. The highest BCUT2D eigenvalue weighted by atomic mass is 16.5. The number of imidazole rings is 1. The fraction of sp³-hybridized carbons (Fsp3) is 0.552. The quantitative estimate of drug-likeness (QED) is 0.435. The van der Waals surface area contributed by atoms with Crippen molar-refractivity contribution in [1.29, 1.82) is 5.26 Å². The van der Waals surface area contributed by atoms with E-state index >= 15 is 0 Å². The van der Waals surface area contributed by atoms with Crippen LogP contribution < -0.4 is 5.32 Å². The van der Waals surface area contributed by atoms with E-state index in [0.717, 1.165) is 62.6 Å². The smallest absolute Gasteiger partial charge is 0.291 e. The summed E-state index contributed by atoms with van der Waals surface area (Å²) in [6, 6.07) is 8.19. The van der Waals surface area contributed by atoms with Gasteiger partial charge < -0.3 is 20.1 Å². The monoisotopic (exact) mass is 490 g/mol. The van der Waals surface area contributed by atoms with Crippen LogP contribution in [0.3, 0.4) is 0 Å². The average molecular weight is 491 g/mol. The summed E-state index contributed by atoms with van der Waals surface area (Å²) < 4.78 is 6.41. The largest absolute Gasteiger partial charge is 0.393 e. The van der Waals surface area contributed by atoms with Gasteiger partial charge in [0.2, 0.25) is 0 Å². The maximum absolute atomic E-state index is 12.9. The Hall–Kier alpha value is -2.95. The zero-order valence-corrected chi connectivity index (χ0v) is 21.9. The first-order chi connectivity index (χ1) is 17.1. The molecule has 1 aliphatic carbocycles. The second-order valence-corrected chi connectivity index (χ2v) is 11.4. The Kier molecular flexibility index (Phi) is 7.40. The van der Waals surface area contributed by atoms with Crippen LogP contribution in [0.25, 0.3) is 5.57 Å². The summed E-state index contributed by atoms with van der Waals surface area (Å²) in [5.41, 5.74) is 4.10. The van der Waals surface area contributed by atoms with Crippen LogP contribution >= 0.6 is 0 Å². The number of anilines is 1. The van der Waals surface area contributed by atoms with Gasteiger partial charge in [-0.3, -0.25) is 4.79 Å². The summed E-state index contributed by atoms with van der Waals surface area (Å²) >= 11 is 0. The number of aliphatic hydroxyl groups excluding tert-OH is 1. The van der Waals surface area contributed by atoms with E-state index in [-0.39, 0.29) is 35.0 Å². The number of aliphatic hydroxyl groups is 1. The van der Waals surface area contributed by atoms with Crippen molar-refractivity contribution in [1.82, 2.24) is 9.97 Å². The van der Waals surface area contributed by atoms with Gasteiger partial charge in [-0.15, -0.1) is 0 Å². The summed E-state index contributed by atoms with van der Waals surface area (Å²) in [4.78, 5) is 19.6. The number of aromatic amines is 1. The molecule has 0 unspecified atom stereocenters. The van der Waals surface area contributed by atoms with Crippen molar-refractivity contribution < 1.29 is 14.6 Å². The number of nitrogens with zero attached hydrogens (tertiary/aromatic N) is 2. The molecule has 0 spiro atoms. The van der Waals surface area contributed by atoms with Gasteiger partial charge in [-0.25, -0.2) is 4.98 Å². The van der Waals surface area contributed by atoms with E-state index in [1.165, 1.54) is 17.3 Å². The molecule has 2 aromatic rings. The van der Waals surface area contributed by atoms with Crippen molar-refractivity contribution in [3.05, 3.63) is 53.1 Å². The second-order valence-electron chi connectivity index (χ2n) is 11.4. The highest BCUT2D eigenvalue weighted by Crippen LogP contribution is 2.43. The van der Waals surface area contributed by atoms with Crippen LogP contribution in [-0.2, 0) is 11.2 Å². The number of allylic oxidation sites excluding steroid dienone is 2. The fourth-order valence-corrected chi connectivity index (χ4v) is 5.29. The highest BCUT2D eigenvalue weighted by Gasteiger charge is 2.44. The maximum Gasteiger partial charge on any atom is 0.291 e. The number of hydrogen-bond acceptors (Lipinski definition) is 5. The van der Waals surface area contributed by atoms with Crippen molar-refractivity contribution in [2.75, 3.05) is 11.9 Å².